The molecule has 0 N–H and O–H groups in total. The zero-order chi connectivity index (χ0) is 8.65. The van der Waals surface area contributed by atoms with Crippen molar-refractivity contribution < 1.29 is 0 Å². The molecule has 1 aromatic rings. The van der Waals surface area contributed by atoms with Crippen molar-refractivity contribution in [3.63, 3.8) is 0 Å². The van der Waals surface area contributed by atoms with Gasteiger partial charge in [0.15, 0.2) is 0 Å². The second-order valence-corrected chi connectivity index (χ2v) is 4.25. The molecule has 0 aromatic heterocycles. The monoisotopic (exact) mass is 179 g/mol. The maximum Gasteiger partial charge on any atom is -0.0236 e. The van der Waals surface area contributed by atoms with Crippen molar-refractivity contribution in [3.05, 3.63) is 35.9 Å². The first kappa shape index (κ1) is 9.74. The second-order valence-electron chi connectivity index (χ2n) is 2.91. The molecule has 0 amide bonds. The summed E-state index contributed by atoms with van der Waals surface area (Å²) in [6.45, 7) is 2.25. The first-order valence-electron chi connectivity index (χ1n) is 4.60. The lowest BCUT2D eigenvalue weighted by Gasteiger charge is -1.99. The lowest BCUT2D eigenvalue weighted by atomic mass is 10.2. The van der Waals surface area contributed by atoms with Gasteiger partial charge in [-0.1, -0.05) is 52.3 Å². The van der Waals surface area contributed by atoms with Gasteiger partial charge in [-0.05, 0) is 24.3 Å². The highest BCUT2D eigenvalue weighted by Gasteiger charge is 1.90. The van der Waals surface area contributed by atoms with E-state index in [1.807, 2.05) is 0 Å². The van der Waals surface area contributed by atoms with Crippen LogP contribution in [0.25, 0.3) is 0 Å². The summed E-state index contributed by atoms with van der Waals surface area (Å²) in [5.41, 5.74) is 1.47. The quantitative estimate of drug-likeness (QED) is 0.478. The van der Waals surface area contributed by atoms with Crippen molar-refractivity contribution in [3.8, 4) is 0 Å². The van der Waals surface area contributed by atoms with E-state index in [2.05, 4.69) is 37.3 Å². The molecule has 0 atom stereocenters. The Morgan fingerprint density at radius 1 is 1.08 bits per heavy atom. The van der Waals surface area contributed by atoms with E-state index in [1.54, 1.807) is 8.58 Å². The summed E-state index contributed by atoms with van der Waals surface area (Å²) < 4.78 is 0. The normalized spacial score (nSPS) is 11.1. The van der Waals surface area contributed by atoms with E-state index >= 15 is 0 Å². The fourth-order valence-electron chi connectivity index (χ4n) is 1.12. The number of benzene rings is 1. The largest absolute Gasteiger partial charge is 0.0806 e. The Balaban J connectivity index is 2.16. The molecule has 0 fully saturated rings. The van der Waals surface area contributed by atoms with Crippen molar-refractivity contribution in [2.24, 2.45) is 0 Å². The topological polar surface area (TPSA) is 0 Å². The van der Waals surface area contributed by atoms with Gasteiger partial charge in [0.05, 0.1) is 0 Å². The predicted octanol–water partition coefficient (Wildman–Crippen LogP) is 3.59. The average molecular weight is 179 g/mol. The van der Waals surface area contributed by atoms with Gasteiger partial charge in [-0.2, -0.15) is 0 Å². The number of hydrogen-bond donors (Lipinski definition) is 0. The maximum atomic E-state index is 2.25. The van der Waals surface area contributed by atoms with Crippen molar-refractivity contribution in [1.29, 1.82) is 0 Å². The van der Waals surface area contributed by atoms with Gasteiger partial charge in [-0.25, -0.2) is 0 Å². The van der Waals surface area contributed by atoms with Gasteiger partial charge >= 0.3 is 0 Å². The minimum Gasteiger partial charge on any atom is -0.0806 e. The zero-order valence-corrected chi connectivity index (χ0v) is 8.56. The van der Waals surface area contributed by atoms with Crippen LogP contribution >= 0.6 is 8.58 Å². The van der Waals surface area contributed by atoms with Crippen LogP contribution < -0.4 is 0 Å². The van der Waals surface area contributed by atoms with E-state index in [0.717, 1.165) is 0 Å². The van der Waals surface area contributed by atoms with Crippen LogP contribution in [0.5, 0.6) is 0 Å². The van der Waals surface area contributed by atoms with E-state index in [9.17, 15) is 0 Å². The average Bonchev–Trinajstić information content (AvgIpc) is 2.14. The second kappa shape index (κ2) is 6.20. The van der Waals surface area contributed by atoms with Crippen molar-refractivity contribution in [2.45, 2.75) is 19.8 Å². The highest BCUT2D eigenvalue weighted by molar-refractivity contribution is 7.37. The van der Waals surface area contributed by atoms with Crippen LogP contribution in [0.2, 0.25) is 0 Å². The zero-order valence-electron chi connectivity index (χ0n) is 7.66. The molecular formula is C11H16P. The molecule has 0 spiro atoms. The minimum absolute atomic E-state index is 1.24. The Morgan fingerprint density at radius 3 is 2.50 bits per heavy atom. The molecule has 0 aliphatic rings. The van der Waals surface area contributed by atoms with Crippen molar-refractivity contribution in [2.75, 3.05) is 12.3 Å². The Labute approximate surface area is 77.2 Å². The third kappa shape index (κ3) is 3.88. The number of rotatable bonds is 5. The van der Waals surface area contributed by atoms with Gasteiger partial charge in [0.25, 0.3) is 0 Å². The van der Waals surface area contributed by atoms with Crippen LogP contribution in [0.15, 0.2) is 30.3 Å². The molecule has 0 bridgehead atoms. The molecular weight excluding hydrogens is 163 g/mol. The molecule has 1 heteroatoms. The van der Waals surface area contributed by atoms with E-state index in [1.165, 1.54) is 30.7 Å². The summed E-state index contributed by atoms with van der Waals surface area (Å²) in [5.74, 6) is 0. The first-order valence-corrected chi connectivity index (χ1v) is 5.87. The molecule has 0 nitrogen and oxygen atoms in total. The lowest BCUT2D eigenvalue weighted by Crippen LogP contribution is -1.86. The summed E-state index contributed by atoms with van der Waals surface area (Å²) in [4.78, 5) is 0. The molecule has 0 aliphatic heterocycles. The Bertz CT molecular complexity index is 193. The molecule has 0 aliphatic carbocycles. The SMILES string of the molecule is CCC[P]CCc1ccccc1. The Morgan fingerprint density at radius 2 is 1.83 bits per heavy atom. The standard InChI is InChI=1S/C11H16P/c1-2-9-12-10-8-11-6-4-3-5-7-11/h3-7H,2,8-10H2,1H3. The number of aryl methyl sites for hydroxylation is 1. The van der Waals surface area contributed by atoms with Gasteiger partial charge in [0, 0.05) is 0 Å². The maximum absolute atomic E-state index is 2.25. The van der Waals surface area contributed by atoms with Gasteiger partial charge < -0.3 is 0 Å². The van der Waals surface area contributed by atoms with Crippen LogP contribution in [-0.2, 0) is 6.42 Å². The number of hydrogen-bond acceptors (Lipinski definition) is 0. The van der Waals surface area contributed by atoms with Gasteiger partial charge in [0.1, 0.15) is 0 Å². The minimum atomic E-state index is 1.24. The third-order valence-electron chi connectivity index (χ3n) is 1.78. The Kier molecular flexibility index (Phi) is 5.03. The van der Waals surface area contributed by atoms with Gasteiger partial charge in [-0.3, -0.25) is 0 Å². The molecule has 0 heterocycles. The molecule has 1 aromatic carbocycles. The fourth-order valence-corrected chi connectivity index (χ4v) is 2.08. The molecule has 0 saturated heterocycles. The van der Waals surface area contributed by atoms with Crippen molar-refractivity contribution in [1.82, 2.24) is 0 Å². The molecule has 65 valence electrons. The van der Waals surface area contributed by atoms with E-state index < -0.39 is 0 Å². The van der Waals surface area contributed by atoms with Crippen molar-refractivity contribution >= 4 is 8.58 Å². The van der Waals surface area contributed by atoms with Crippen LogP contribution in [0.3, 0.4) is 0 Å². The lowest BCUT2D eigenvalue weighted by molar-refractivity contribution is 1.08. The van der Waals surface area contributed by atoms with Crippen LogP contribution in [0.1, 0.15) is 18.9 Å². The summed E-state index contributed by atoms with van der Waals surface area (Å²) >= 11 is 0. The highest BCUT2D eigenvalue weighted by Crippen LogP contribution is 2.13. The summed E-state index contributed by atoms with van der Waals surface area (Å²) in [7, 11) is 1.60. The third-order valence-corrected chi connectivity index (χ3v) is 3.09. The molecule has 1 rings (SSSR count). The van der Waals surface area contributed by atoms with E-state index in [0.29, 0.717) is 0 Å². The predicted molar refractivity (Wildman–Crippen MR) is 57.1 cm³/mol. The summed E-state index contributed by atoms with van der Waals surface area (Å²) in [5, 5.41) is 0. The van der Waals surface area contributed by atoms with Crippen LogP contribution in [-0.4, -0.2) is 12.3 Å². The Hall–Kier alpha value is -0.350. The molecule has 12 heavy (non-hydrogen) atoms. The summed E-state index contributed by atoms with van der Waals surface area (Å²) in [6.07, 6.45) is 5.23. The van der Waals surface area contributed by atoms with E-state index in [-0.39, 0.29) is 0 Å². The smallest absolute Gasteiger partial charge is 0.0236 e. The molecule has 0 unspecified atom stereocenters. The van der Waals surface area contributed by atoms with Crippen LogP contribution in [0.4, 0.5) is 0 Å². The first-order chi connectivity index (χ1) is 5.93. The molecule has 1 radical (unpaired) electrons. The highest BCUT2D eigenvalue weighted by atomic mass is 31.1. The van der Waals surface area contributed by atoms with Gasteiger partial charge in [0.2, 0.25) is 0 Å². The van der Waals surface area contributed by atoms with Crippen LogP contribution in [0, 0.1) is 0 Å². The fraction of sp³-hybridized carbons (Fsp3) is 0.455. The van der Waals surface area contributed by atoms with E-state index in [4.69, 9.17) is 0 Å². The van der Waals surface area contributed by atoms with Gasteiger partial charge in [-0.15, -0.1) is 0 Å². The molecule has 0 saturated carbocycles. The summed E-state index contributed by atoms with van der Waals surface area (Å²) in [6, 6.07) is 10.7.